The lowest BCUT2D eigenvalue weighted by Crippen LogP contribution is -2.44. The van der Waals surface area contributed by atoms with Crippen LogP contribution >= 0.6 is 0 Å². The quantitative estimate of drug-likeness (QED) is 0.752. The van der Waals surface area contributed by atoms with Crippen LogP contribution in [0.1, 0.15) is 29.9 Å². The number of nitrogens with two attached hydrogens (primary N) is 1. The molecule has 2 aromatic heterocycles. The largest absolute Gasteiger partial charge is 0.373 e. The molecule has 1 saturated heterocycles. The zero-order chi connectivity index (χ0) is 19.8. The number of hydrogen-bond acceptors (Lipinski definition) is 5. The molecule has 28 heavy (non-hydrogen) atoms. The minimum Gasteiger partial charge on any atom is -0.373 e. The highest BCUT2D eigenvalue weighted by Gasteiger charge is 2.22. The first-order chi connectivity index (χ1) is 13.4. The molecule has 0 unspecified atom stereocenters. The van der Waals surface area contributed by atoms with Gasteiger partial charge in [0.25, 0.3) is 5.91 Å². The number of rotatable bonds is 4. The van der Waals surface area contributed by atoms with E-state index >= 15 is 0 Å². The molecule has 1 aromatic carbocycles. The monoisotopic (exact) mass is 379 g/mol. The Bertz CT molecular complexity index is 1020. The lowest BCUT2D eigenvalue weighted by atomic mass is 10.0. The fourth-order valence-corrected chi connectivity index (χ4v) is 3.97. The van der Waals surface area contributed by atoms with Gasteiger partial charge < -0.3 is 10.5 Å². The van der Waals surface area contributed by atoms with Gasteiger partial charge in [-0.05, 0) is 37.1 Å². The van der Waals surface area contributed by atoms with Crippen LogP contribution in [-0.2, 0) is 18.3 Å². The van der Waals surface area contributed by atoms with Crippen molar-refractivity contribution in [2.45, 2.75) is 32.6 Å². The molecule has 4 rings (SSSR count). The Morgan fingerprint density at radius 1 is 1.25 bits per heavy atom. The SMILES string of the molecule is C[C@@H]1CN(Cc2ccc3c(-c4cnn(C)c4)cc(C(N)=O)nc3c2)C[C@H](C)O1. The zero-order valence-electron chi connectivity index (χ0n) is 16.4. The second-order valence-electron chi connectivity index (χ2n) is 7.62. The van der Waals surface area contributed by atoms with Crippen LogP contribution in [0.15, 0.2) is 36.7 Å². The molecule has 0 bridgehead atoms. The van der Waals surface area contributed by atoms with Gasteiger partial charge in [0.2, 0.25) is 0 Å². The van der Waals surface area contributed by atoms with Gasteiger partial charge in [0, 0.05) is 43.8 Å². The van der Waals surface area contributed by atoms with Crippen molar-refractivity contribution < 1.29 is 9.53 Å². The van der Waals surface area contributed by atoms with Gasteiger partial charge in [-0.15, -0.1) is 0 Å². The number of ether oxygens (including phenoxy) is 1. The maximum atomic E-state index is 11.8. The van der Waals surface area contributed by atoms with Crippen molar-refractivity contribution >= 4 is 16.8 Å². The molecular weight excluding hydrogens is 354 g/mol. The van der Waals surface area contributed by atoms with E-state index in [2.05, 4.69) is 41.0 Å². The molecule has 146 valence electrons. The van der Waals surface area contributed by atoms with E-state index in [-0.39, 0.29) is 17.9 Å². The fraction of sp³-hybridized carbons (Fsp3) is 0.381. The summed E-state index contributed by atoms with van der Waals surface area (Å²) in [6.07, 6.45) is 4.15. The minimum absolute atomic E-state index is 0.223. The minimum atomic E-state index is -0.534. The van der Waals surface area contributed by atoms with Crippen molar-refractivity contribution in [2.24, 2.45) is 12.8 Å². The summed E-state index contributed by atoms with van der Waals surface area (Å²) in [4.78, 5) is 18.7. The molecule has 0 saturated carbocycles. The third kappa shape index (κ3) is 3.76. The highest BCUT2D eigenvalue weighted by Crippen LogP contribution is 2.29. The maximum absolute atomic E-state index is 11.8. The van der Waals surface area contributed by atoms with Crippen LogP contribution in [0, 0.1) is 0 Å². The Hall–Kier alpha value is -2.77. The molecule has 1 fully saturated rings. The summed E-state index contributed by atoms with van der Waals surface area (Å²) in [6.45, 7) is 6.82. The van der Waals surface area contributed by atoms with Gasteiger partial charge in [-0.2, -0.15) is 5.10 Å². The first kappa shape index (κ1) is 18.6. The number of carbonyl (C=O) groups excluding carboxylic acids is 1. The summed E-state index contributed by atoms with van der Waals surface area (Å²) >= 11 is 0. The molecule has 1 aliphatic heterocycles. The molecular formula is C21H25N5O2. The van der Waals surface area contributed by atoms with Crippen molar-refractivity contribution in [3.8, 4) is 11.1 Å². The molecule has 7 nitrogen and oxygen atoms in total. The summed E-state index contributed by atoms with van der Waals surface area (Å²) < 4.78 is 7.56. The van der Waals surface area contributed by atoms with E-state index in [1.807, 2.05) is 19.3 Å². The number of pyridine rings is 1. The van der Waals surface area contributed by atoms with Crippen molar-refractivity contribution in [1.82, 2.24) is 19.7 Å². The number of nitrogens with zero attached hydrogens (tertiary/aromatic N) is 4. The number of hydrogen-bond donors (Lipinski definition) is 1. The molecule has 2 atom stereocenters. The number of aromatic nitrogens is 3. The number of fused-ring (bicyclic) bond motifs is 1. The zero-order valence-corrected chi connectivity index (χ0v) is 16.4. The number of benzene rings is 1. The van der Waals surface area contributed by atoms with Crippen molar-refractivity contribution in [3.05, 3.63) is 47.9 Å². The van der Waals surface area contributed by atoms with Gasteiger partial charge in [-0.3, -0.25) is 14.4 Å². The third-order valence-electron chi connectivity index (χ3n) is 5.04. The normalized spacial score (nSPS) is 20.5. The smallest absolute Gasteiger partial charge is 0.267 e. The van der Waals surface area contributed by atoms with E-state index in [9.17, 15) is 4.79 Å². The van der Waals surface area contributed by atoms with Gasteiger partial charge in [-0.1, -0.05) is 12.1 Å². The van der Waals surface area contributed by atoms with E-state index < -0.39 is 5.91 Å². The topological polar surface area (TPSA) is 86.3 Å². The van der Waals surface area contributed by atoms with Crippen LogP contribution in [0.2, 0.25) is 0 Å². The summed E-state index contributed by atoms with van der Waals surface area (Å²) in [5.74, 6) is -0.534. The Kier molecular flexibility index (Phi) is 4.87. The number of amides is 1. The average molecular weight is 379 g/mol. The average Bonchev–Trinajstić information content (AvgIpc) is 3.05. The summed E-state index contributed by atoms with van der Waals surface area (Å²) in [5, 5.41) is 5.22. The number of morpholine rings is 1. The molecule has 0 aliphatic carbocycles. The Labute approximate surface area is 164 Å². The second-order valence-corrected chi connectivity index (χ2v) is 7.62. The van der Waals surface area contributed by atoms with Crippen LogP contribution < -0.4 is 5.73 Å². The van der Waals surface area contributed by atoms with Gasteiger partial charge in [0.1, 0.15) is 5.69 Å². The summed E-state index contributed by atoms with van der Waals surface area (Å²) in [5.41, 5.74) is 9.55. The maximum Gasteiger partial charge on any atom is 0.267 e. The van der Waals surface area contributed by atoms with Gasteiger partial charge in [0.15, 0.2) is 0 Å². The standard InChI is InChI=1S/C21H25N5O2/c1-13-9-26(10-14(2)28-13)11-15-4-5-17-18(16-8-23-25(3)12-16)7-20(21(22)27)24-19(17)6-15/h4-8,12-14H,9-11H2,1-3H3,(H2,22,27)/t13-,14+. The van der Waals surface area contributed by atoms with E-state index in [1.54, 1.807) is 16.9 Å². The van der Waals surface area contributed by atoms with E-state index in [0.717, 1.165) is 47.2 Å². The first-order valence-electron chi connectivity index (χ1n) is 9.49. The van der Waals surface area contributed by atoms with Crippen LogP contribution in [0.5, 0.6) is 0 Å². The first-order valence-corrected chi connectivity index (χ1v) is 9.49. The predicted octanol–water partition coefficient (Wildman–Crippen LogP) is 2.34. The van der Waals surface area contributed by atoms with Crippen molar-refractivity contribution in [3.63, 3.8) is 0 Å². The molecule has 0 radical (unpaired) electrons. The van der Waals surface area contributed by atoms with Gasteiger partial charge >= 0.3 is 0 Å². The predicted molar refractivity (Wildman–Crippen MR) is 108 cm³/mol. The van der Waals surface area contributed by atoms with Crippen LogP contribution in [0.25, 0.3) is 22.0 Å². The molecule has 0 spiro atoms. The van der Waals surface area contributed by atoms with Gasteiger partial charge in [0.05, 0.1) is 23.9 Å². The van der Waals surface area contributed by atoms with Crippen LogP contribution in [0.3, 0.4) is 0 Å². The Balaban J connectivity index is 1.73. The lowest BCUT2D eigenvalue weighted by molar-refractivity contribution is -0.0704. The number of primary amides is 1. The molecule has 3 aromatic rings. The van der Waals surface area contributed by atoms with Crippen LogP contribution in [0.4, 0.5) is 0 Å². The van der Waals surface area contributed by atoms with Crippen LogP contribution in [-0.4, -0.2) is 50.9 Å². The van der Waals surface area contributed by atoms with Gasteiger partial charge in [-0.25, -0.2) is 4.98 Å². The Morgan fingerprint density at radius 3 is 2.64 bits per heavy atom. The third-order valence-corrected chi connectivity index (χ3v) is 5.04. The molecule has 2 N–H and O–H groups in total. The lowest BCUT2D eigenvalue weighted by Gasteiger charge is -2.35. The molecule has 7 heteroatoms. The van der Waals surface area contributed by atoms with E-state index in [0.29, 0.717) is 0 Å². The fourth-order valence-electron chi connectivity index (χ4n) is 3.97. The highest BCUT2D eigenvalue weighted by atomic mass is 16.5. The number of carbonyl (C=O) groups is 1. The molecule has 1 aliphatic rings. The summed E-state index contributed by atoms with van der Waals surface area (Å²) in [6, 6.07) is 7.98. The van der Waals surface area contributed by atoms with E-state index in [4.69, 9.17) is 10.5 Å². The highest BCUT2D eigenvalue weighted by molar-refractivity contribution is 6.00. The van der Waals surface area contributed by atoms with Crippen molar-refractivity contribution in [2.75, 3.05) is 13.1 Å². The molecule has 1 amide bonds. The summed E-state index contributed by atoms with van der Waals surface area (Å²) in [7, 11) is 1.87. The Morgan fingerprint density at radius 2 is 2.00 bits per heavy atom. The molecule has 3 heterocycles. The van der Waals surface area contributed by atoms with Crippen molar-refractivity contribution in [1.29, 1.82) is 0 Å². The van der Waals surface area contributed by atoms with E-state index in [1.165, 1.54) is 0 Å². The number of aryl methyl sites for hydroxylation is 1. The second kappa shape index (κ2) is 7.33.